The first-order chi connectivity index (χ1) is 7.43. The molecule has 16 heavy (non-hydrogen) atoms. The van der Waals surface area contributed by atoms with E-state index < -0.39 is 0 Å². The molecule has 1 heterocycles. The molecule has 0 aromatic heterocycles. The van der Waals surface area contributed by atoms with Crippen molar-refractivity contribution in [3.05, 3.63) is 0 Å². The molecule has 2 nitrogen and oxygen atoms in total. The number of fused-ring (bicyclic) bond motifs is 1. The summed E-state index contributed by atoms with van der Waals surface area (Å²) in [6.07, 6.45) is 4.47. The lowest BCUT2D eigenvalue weighted by Crippen LogP contribution is -2.69. The van der Waals surface area contributed by atoms with Gasteiger partial charge in [-0.1, -0.05) is 27.7 Å². The fourth-order valence-corrected chi connectivity index (χ4v) is 3.83. The molecule has 1 N–H and O–H groups in total. The Bertz CT molecular complexity index is 297. The van der Waals surface area contributed by atoms with Crippen LogP contribution in [0, 0.1) is 16.7 Å². The predicted molar refractivity (Wildman–Crippen MR) is 65.4 cm³/mol. The average Bonchev–Trinajstić information content (AvgIpc) is 2.83. The molecule has 0 aromatic carbocycles. The maximum Gasteiger partial charge on any atom is 0.0684 e. The molecule has 3 rings (SSSR count). The molecule has 0 radical (unpaired) electrons. The van der Waals surface area contributed by atoms with Crippen molar-refractivity contribution in [1.29, 1.82) is 0 Å². The van der Waals surface area contributed by atoms with E-state index in [1.807, 2.05) is 0 Å². The molecule has 2 aliphatic carbocycles. The lowest BCUT2D eigenvalue weighted by molar-refractivity contribution is -0.193. The van der Waals surface area contributed by atoms with Gasteiger partial charge in [-0.2, -0.15) is 0 Å². The van der Waals surface area contributed by atoms with E-state index in [2.05, 4.69) is 33.0 Å². The summed E-state index contributed by atoms with van der Waals surface area (Å²) < 4.78 is 5.94. The molecule has 3 aliphatic rings. The number of nitrogens with one attached hydrogen (secondary N) is 1. The third-order valence-electron chi connectivity index (χ3n) is 5.23. The maximum atomic E-state index is 5.94. The zero-order valence-corrected chi connectivity index (χ0v) is 11.0. The van der Waals surface area contributed by atoms with Gasteiger partial charge in [-0.25, -0.2) is 0 Å². The Kier molecular flexibility index (Phi) is 2.23. The minimum atomic E-state index is 0.337. The number of hydrogen-bond donors (Lipinski definition) is 1. The van der Waals surface area contributed by atoms with Gasteiger partial charge in [0.15, 0.2) is 0 Å². The molecule has 0 aromatic rings. The Morgan fingerprint density at radius 1 is 1.19 bits per heavy atom. The first kappa shape index (κ1) is 11.0. The highest BCUT2D eigenvalue weighted by Crippen LogP contribution is 2.54. The van der Waals surface area contributed by atoms with Crippen LogP contribution in [-0.4, -0.2) is 24.8 Å². The Balaban J connectivity index is 1.66. The highest BCUT2D eigenvalue weighted by molar-refractivity contribution is 5.14. The van der Waals surface area contributed by atoms with Gasteiger partial charge >= 0.3 is 0 Å². The standard InChI is InChI=1S/C14H25NO/c1-13(2)8-10(13)15-11-9-6-5-7-16-12(9)14(11,3)4/h9-12,15H,5-8H2,1-4H3. The van der Waals surface area contributed by atoms with Crippen molar-refractivity contribution in [3.8, 4) is 0 Å². The van der Waals surface area contributed by atoms with E-state index in [-0.39, 0.29) is 0 Å². The summed E-state index contributed by atoms with van der Waals surface area (Å²) in [5, 5.41) is 3.89. The summed E-state index contributed by atoms with van der Waals surface area (Å²) in [4.78, 5) is 0. The molecule has 0 spiro atoms. The van der Waals surface area contributed by atoms with Crippen LogP contribution >= 0.6 is 0 Å². The highest BCUT2D eigenvalue weighted by atomic mass is 16.5. The van der Waals surface area contributed by atoms with Gasteiger partial charge in [0.25, 0.3) is 0 Å². The lowest BCUT2D eigenvalue weighted by atomic mass is 9.55. The van der Waals surface area contributed by atoms with Gasteiger partial charge in [0, 0.05) is 30.0 Å². The van der Waals surface area contributed by atoms with Crippen molar-refractivity contribution >= 4 is 0 Å². The minimum Gasteiger partial charge on any atom is -0.377 e. The summed E-state index contributed by atoms with van der Waals surface area (Å²) in [7, 11) is 0. The van der Waals surface area contributed by atoms with Gasteiger partial charge < -0.3 is 10.1 Å². The zero-order valence-electron chi connectivity index (χ0n) is 11.0. The monoisotopic (exact) mass is 223 g/mol. The highest BCUT2D eigenvalue weighted by Gasteiger charge is 2.60. The second kappa shape index (κ2) is 3.23. The molecule has 0 bridgehead atoms. The fraction of sp³-hybridized carbons (Fsp3) is 1.00. The van der Waals surface area contributed by atoms with Crippen LogP contribution in [0.4, 0.5) is 0 Å². The molecule has 1 saturated heterocycles. The molecule has 2 heteroatoms. The first-order valence-electron chi connectivity index (χ1n) is 6.80. The van der Waals surface area contributed by atoms with Crippen molar-refractivity contribution in [1.82, 2.24) is 5.32 Å². The van der Waals surface area contributed by atoms with Gasteiger partial charge in [0.2, 0.25) is 0 Å². The van der Waals surface area contributed by atoms with Crippen molar-refractivity contribution < 1.29 is 4.74 Å². The summed E-state index contributed by atoms with van der Waals surface area (Å²) >= 11 is 0. The topological polar surface area (TPSA) is 21.3 Å². The Morgan fingerprint density at radius 3 is 2.50 bits per heavy atom. The zero-order chi connectivity index (χ0) is 11.6. The van der Waals surface area contributed by atoms with E-state index in [9.17, 15) is 0 Å². The smallest absolute Gasteiger partial charge is 0.0684 e. The van der Waals surface area contributed by atoms with E-state index in [0.29, 0.717) is 23.0 Å². The molecule has 1 aliphatic heterocycles. The number of hydrogen-bond acceptors (Lipinski definition) is 2. The molecule has 92 valence electrons. The molecule has 2 saturated carbocycles. The molecular formula is C14H25NO. The van der Waals surface area contributed by atoms with Gasteiger partial charge in [0.1, 0.15) is 0 Å². The first-order valence-corrected chi connectivity index (χ1v) is 6.80. The molecule has 3 fully saturated rings. The van der Waals surface area contributed by atoms with Gasteiger partial charge in [-0.15, -0.1) is 0 Å². The van der Waals surface area contributed by atoms with Crippen LogP contribution in [0.15, 0.2) is 0 Å². The summed E-state index contributed by atoms with van der Waals surface area (Å²) in [5.74, 6) is 0.778. The second-order valence-electron chi connectivity index (χ2n) is 7.31. The van der Waals surface area contributed by atoms with E-state index in [4.69, 9.17) is 4.74 Å². The Labute approximate surface area is 99.1 Å². The number of ether oxygens (including phenoxy) is 1. The SMILES string of the molecule is CC1(C)CC1NC1C2CCCOC2C1(C)C. The second-order valence-corrected chi connectivity index (χ2v) is 7.31. The maximum absolute atomic E-state index is 5.94. The normalized spacial score (nSPS) is 48.0. The molecule has 0 amide bonds. The third-order valence-corrected chi connectivity index (χ3v) is 5.23. The Hall–Kier alpha value is -0.0800. The van der Waals surface area contributed by atoms with Crippen LogP contribution in [-0.2, 0) is 4.74 Å². The van der Waals surface area contributed by atoms with Crippen LogP contribution in [0.3, 0.4) is 0 Å². The third kappa shape index (κ3) is 1.46. The van der Waals surface area contributed by atoms with Gasteiger partial charge in [-0.05, 0) is 24.7 Å². The largest absolute Gasteiger partial charge is 0.377 e. The van der Waals surface area contributed by atoms with Crippen LogP contribution in [0.1, 0.15) is 47.0 Å². The molecule has 4 unspecified atom stereocenters. The molecular weight excluding hydrogens is 198 g/mol. The number of rotatable bonds is 2. The lowest BCUT2D eigenvalue weighted by Gasteiger charge is -2.60. The predicted octanol–water partition coefficient (Wildman–Crippen LogP) is 2.58. The summed E-state index contributed by atoms with van der Waals surface area (Å²) in [5.41, 5.74) is 0.875. The quantitative estimate of drug-likeness (QED) is 0.777. The van der Waals surface area contributed by atoms with Crippen molar-refractivity contribution in [2.45, 2.75) is 65.1 Å². The van der Waals surface area contributed by atoms with Crippen LogP contribution < -0.4 is 5.32 Å². The van der Waals surface area contributed by atoms with Crippen molar-refractivity contribution in [3.63, 3.8) is 0 Å². The average molecular weight is 223 g/mol. The summed E-state index contributed by atoms with van der Waals surface area (Å²) in [6, 6.07) is 1.43. The minimum absolute atomic E-state index is 0.337. The van der Waals surface area contributed by atoms with E-state index in [0.717, 1.165) is 18.6 Å². The van der Waals surface area contributed by atoms with E-state index in [1.165, 1.54) is 19.3 Å². The van der Waals surface area contributed by atoms with Gasteiger partial charge in [-0.3, -0.25) is 0 Å². The Morgan fingerprint density at radius 2 is 1.88 bits per heavy atom. The van der Waals surface area contributed by atoms with Gasteiger partial charge in [0.05, 0.1) is 6.10 Å². The van der Waals surface area contributed by atoms with Crippen LogP contribution in [0.2, 0.25) is 0 Å². The fourth-order valence-electron chi connectivity index (χ4n) is 3.83. The van der Waals surface area contributed by atoms with E-state index in [1.54, 1.807) is 0 Å². The van der Waals surface area contributed by atoms with Crippen molar-refractivity contribution in [2.75, 3.05) is 6.61 Å². The van der Waals surface area contributed by atoms with Crippen LogP contribution in [0.25, 0.3) is 0 Å². The van der Waals surface area contributed by atoms with E-state index >= 15 is 0 Å². The van der Waals surface area contributed by atoms with Crippen molar-refractivity contribution in [2.24, 2.45) is 16.7 Å². The molecule has 4 atom stereocenters. The summed E-state index contributed by atoms with van der Waals surface area (Å²) in [6.45, 7) is 10.4. The van der Waals surface area contributed by atoms with Crippen LogP contribution in [0.5, 0.6) is 0 Å².